The number of nitrogens with one attached hydrogen (secondary N) is 1. The minimum absolute atomic E-state index is 0.225. The predicted octanol–water partition coefficient (Wildman–Crippen LogP) is 6.64. The lowest BCUT2D eigenvalue weighted by Crippen LogP contribution is -2.63. The molecule has 0 radical (unpaired) electrons. The number of hydrogen-bond donors (Lipinski definition) is 1. The second kappa shape index (κ2) is 9.86. The van der Waals surface area contributed by atoms with E-state index in [2.05, 4.69) is 31.0 Å². The first kappa shape index (κ1) is 24.2. The molecule has 4 aromatic rings. The number of carbonyl (C=O) groups excluding carboxylic acids is 1. The van der Waals surface area contributed by atoms with Crippen LogP contribution in [0.25, 0.3) is 0 Å². The van der Waals surface area contributed by atoms with Gasteiger partial charge in [-0.1, -0.05) is 118 Å². The Labute approximate surface area is 218 Å². The molecule has 5 nitrogen and oxygen atoms in total. The van der Waals surface area contributed by atoms with Gasteiger partial charge in [-0.2, -0.15) is 0 Å². The average molecular weight is 487 g/mol. The predicted molar refractivity (Wildman–Crippen MR) is 151 cm³/mol. The van der Waals surface area contributed by atoms with Crippen molar-refractivity contribution < 1.29 is 4.79 Å². The summed E-state index contributed by atoms with van der Waals surface area (Å²) >= 11 is 0. The molecule has 0 saturated heterocycles. The van der Waals surface area contributed by atoms with Crippen LogP contribution < -0.4 is 10.2 Å². The Hall–Kier alpha value is -4.51. The van der Waals surface area contributed by atoms with Gasteiger partial charge in [-0.25, -0.2) is 9.98 Å². The largest absolute Gasteiger partial charge is 0.306 e. The van der Waals surface area contributed by atoms with Crippen LogP contribution in [0.3, 0.4) is 0 Å². The maximum absolute atomic E-state index is 13.8. The van der Waals surface area contributed by atoms with Gasteiger partial charge >= 0.3 is 0 Å². The van der Waals surface area contributed by atoms with E-state index >= 15 is 0 Å². The van der Waals surface area contributed by atoms with E-state index < -0.39 is 5.79 Å². The van der Waals surface area contributed by atoms with Crippen LogP contribution in [0.5, 0.6) is 0 Å². The molecule has 1 aliphatic rings. The highest BCUT2D eigenvalue weighted by molar-refractivity contribution is 6.15. The van der Waals surface area contributed by atoms with Crippen molar-refractivity contribution in [1.82, 2.24) is 5.32 Å². The molecule has 184 valence electrons. The normalized spacial score (nSPS) is 17.5. The lowest BCUT2D eigenvalue weighted by Gasteiger charge is -2.48. The molecule has 4 aromatic carbocycles. The second-order valence-electron chi connectivity index (χ2n) is 10.0. The number of benzene rings is 4. The van der Waals surface area contributed by atoms with Crippen molar-refractivity contribution in [2.75, 3.05) is 4.90 Å². The molecule has 0 saturated carbocycles. The van der Waals surface area contributed by atoms with E-state index in [0.717, 1.165) is 22.6 Å². The molecule has 1 heterocycles. The highest BCUT2D eigenvalue weighted by Gasteiger charge is 2.48. The van der Waals surface area contributed by atoms with Gasteiger partial charge < -0.3 is 5.32 Å². The van der Waals surface area contributed by atoms with Gasteiger partial charge in [0.25, 0.3) is 5.91 Å². The van der Waals surface area contributed by atoms with Crippen LogP contribution in [0.15, 0.2) is 131 Å². The van der Waals surface area contributed by atoms with Crippen LogP contribution >= 0.6 is 0 Å². The third-order valence-electron chi connectivity index (χ3n) is 6.23. The van der Waals surface area contributed by atoms with Crippen LogP contribution in [-0.2, 0) is 5.79 Å². The number of anilines is 1. The quantitative estimate of drug-likeness (QED) is 0.344. The fourth-order valence-electron chi connectivity index (χ4n) is 4.48. The lowest BCUT2D eigenvalue weighted by atomic mass is 9.90. The summed E-state index contributed by atoms with van der Waals surface area (Å²) in [6.45, 7) is 6.39. The summed E-state index contributed by atoms with van der Waals surface area (Å²) in [5.74, 6) is -0.151. The minimum atomic E-state index is -1.29. The number of rotatable bonds is 5. The zero-order valence-electron chi connectivity index (χ0n) is 21.3. The van der Waals surface area contributed by atoms with E-state index in [0.29, 0.717) is 11.4 Å². The second-order valence-corrected chi connectivity index (χ2v) is 10.0. The molecular formula is C32H30N4O. The maximum Gasteiger partial charge on any atom is 0.254 e. The Morgan fingerprint density at radius 1 is 0.730 bits per heavy atom. The molecule has 0 bridgehead atoms. The van der Waals surface area contributed by atoms with Gasteiger partial charge in [0.2, 0.25) is 5.79 Å². The van der Waals surface area contributed by atoms with Crippen molar-refractivity contribution in [2.24, 2.45) is 15.4 Å². The molecular weight excluding hydrogens is 456 g/mol. The first-order chi connectivity index (χ1) is 17.9. The van der Waals surface area contributed by atoms with E-state index in [1.807, 2.05) is 121 Å². The van der Waals surface area contributed by atoms with Gasteiger partial charge in [0.15, 0.2) is 5.84 Å². The van der Waals surface area contributed by atoms with Crippen molar-refractivity contribution in [3.05, 3.63) is 138 Å². The standard InChI is InChI=1S/C32H30N4O/c1-31(2,3)30-33-28(24-16-8-4-9-17-24)34-32(26-20-12-6-13-21-26,36(30)27-22-14-7-15-23-27)35-29(37)25-18-10-5-11-19-25/h4-23H,1-3H3,(H,35,37). The van der Waals surface area contributed by atoms with E-state index in [-0.39, 0.29) is 11.3 Å². The Kier molecular flexibility index (Phi) is 6.45. The summed E-state index contributed by atoms with van der Waals surface area (Å²) in [6.07, 6.45) is 0. The van der Waals surface area contributed by atoms with Crippen molar-refractivity contribution in [2.45, 2.75) is 26.6 Å². The first-order valence-electron chi connectivity index (χ1n) is 12.4. The fraction of sp³-hybridized carbons (Fsp3) is 0.156. The SMILES string of the molecule is CC(C)(C)C1=NC(c2ccccc2)=NC(NC(=O)c2ccccc2)(c2ccccc2)N1c1ccccc1. The summed E-state index contributed by atoms with van der Waals surface area (Å²) in [6, 6.07) is 39.0. The zero-order chi connectivity index (χ0) is 25.9. The van der Waals surface area contributed by atoms with Crippen molar-refractivity contribution in [3.63, 3.8) is 0 Å². The van der Waals surface area contributed by atoms with Gasteiger partial charge in [0.1, 0.15) is 5.84 Å². The topological polar surface area (TPSA) is 57.1 Å². The number of aliphatic imine (C=N–C) groups is 2. The number of amides is 1. The van der Waals surface area contributed by atoms with Gasteiger partial charge in [-0.15, -0.1) is 0 Å². The summed E-state index contributed by atoms with van der Waals surface area (Å²) < 4.78 is 0. The molecule has 1 atom stereocenters. The fourth-order valence-corrected chi connectivity index (χ4v) is 4.48. The summed E-state index contributed by atoms with van der Waals surface area (Å²) in [4.78, 5) is 26.3. The van der Waals surface area contributed by atoms with Crippen LogP contribution in [0.2, 0.25) is 0 Å². The number of amidine groups is 2. The van der Waals surface area contributed by atoms with Crippen LogP contribution in [0, 0.1) is 5.41 Å². The summed E-state index contributed by atoms with van der Waals surface area (Å²) in [5.41, 5.74) is 2.77. The van der Waals surface area contributed by atoms with Gasteiger partial charge in [0, 0.05) is 27.8 Å². The van der Waals surface area contributed by atoms with Crippen LogP contribution in [0.4, 0.5) is 5.69 Å². The number of nitrogens with zero attached hydrogens (tertiary/aromatic N) is 3. The van der Waals surface area contributed by atoms with Gasteiger partial charge in [-0.3, -0.25) is 9.69 Å². The zero-order valence-corrected chi connectivity index (χ0v) is 21.3. The van der Waals surface area contributed by atoms with E-state index in [4.69, 9.17) is 9.98 Å². The van der Waals surface area contributed by atoms with E-state index in [9.17, 15) is 4.79 Å². The average Bonchev–Trinajstić information content (AvgIpc) is 2.94. The van der Waals surface area contributed by atoms with Gasteiger partial charge in [0.05, 0.1) is 0 Å². The van der Waals surface area contributed by atoms with Gasteiger partial charge in [-0.05, 0) is 24.3 Å². The number of hydrogen-bond acceptors (Lipinski definition) is 4. The molecule has 1 aliphatic heterocycles. The van der Waals surface area contributed by atoms with E-state index in [1.165, 1.54) is 0 Å². The highest BCUT2D eigenvalue weighted by Crippen LogP contribution is 2.40. The van der Waals surface area contributed by atoms with Crippen molar-refractivity contribution in [1.29, 1.82) is 0 Å². The lowest BCUT2D eigenvalue weighted by molar-refractivity contribution is 0.0902. The van der Waals surface area contributed by atoms with Crippen LogP contribution in [-0.4, -0.2) is 17.6 Å². The van der Waals surface area contributed by atoms with Crippen LogP contribution in [0.1, 0.15) is 42.3 Å². The molecule has 0 fully saturated rings. The van der Waals surface area contributed by atoms with E-state index in [1.54, 1.807) is 0 Å². The first-order valence-corrected chi connectivity index (χ1v) is 12.4. The molecule has 1 amide bonds. The molecule has 5 heteroatoms. The Morgan fingerprint density at radius 2 is 1.24 bits per heavy atom. The Balaban J connectivity index is 1.82. The summed E-state index contributed by atoms with van der Waals surface area (Å²) in [5, 5.41) is 3.33. The Bertz CT molecular complexity index is 1430. The van der Waals surface area contributed by atoms with Crippen molar-refractivity contribution >= 4 is 23.3 Å². The monoisotopic (exact) mass is 486 g/mol. The Morgan fingerprint density at radius 3 is 1.81 bits per heavy atom. The molecule has 0 spiro atoms. The summed E-state index contributed by atoms with van der Waals surface area (Å²) in [7, 11) is 0. The highest BCUT2D eigenvalue weighted by atomic mass is 16.2. The third kappa shape index (κ3) is 4.81. The smallest absolute Gasteiger partial charge is 0.254 e. The molecule has 0 aromatic heterocycles. The molecule has 0 aliphatic carbocycles. The number of carbonyl (C=O) groups is 1. The maximum atomic E-state index is 13.8. The number of para-hydroxylation sites is 1. The van der Waals surface area contributed by atoms with Crippen molar-refractivity contribution in [3.8, 4) is 0 Å². The molecule has 1 unspecified atom stereocenters. The molecule has 5 rings (SSSR count). The minimum Gasteiger partial charge on any atom is -0.306 e. The molecule has 37 heavy (non-hydrogen) atoms. The molecule has 1 N–H and O–H groups in total. The third-order valence-corrected chi connectivity index (χ3v) is 6.23.